The van der Waals surface area contributed by atoms with Crippen LogP contribution in [0.25, 0.3) is 0 Å². The van der Waals surface area contributed by atoms with E-state index in [0.717, 1.165) is 30.6 Å². The molecule has 1 aliphatic heterocycles. The number of para-hydroxylation sites is 1. The van der Waals surface area contributed by atoms with Gasteiger partial charge in [0.15, 0.2) is 9.84 Å². The second-order valence-corrected chi connectivity index (χ2v) is 8.33. The lowest BCUT2D eigenvalue weighted by Gasteiger charge is -2.22. The van der Waals surface area contributed by atoms with E-state index in [0.29, 0.717) is 12.5 Å². The average molecular weight is 330 g/mol. The molecule has 21 heavy (non-hydrogen) atoms. The van der Waals surface area contributed by atoms with Gasteiger partial charge in [-0.05, 0) is 42.4 Å². The smallest absolute Gasteiger partial charge is 0.310 e. The Hall–Kier alpha value is -1.28. The van der Waals surface area contributed by atoms with Crippen LogP contribution in [0, 0.1) is 16.0 Å². The van der Waals surface area contributed by atoms with Crippen molar-refractivity contribution in [1.82, 2.24) is 0 Å². The molecule has 1 heterocycles. The number of anilines is 1. The summed E-state index contributed by atoms with van der Waals surface area (Å²) in [6.07, 6.45) is 3.14. The third kappa shape index (κ3) is 4.10. The first kappa shape index (κ1) is 16.1. The van der Waals surface area contributed by atoms with Crippen LogP contribution in [-0.2, 0) is 9.84 Å². The van der Waals surface area contributed by atoms with Crippen LogP contribution in [0.1, 0.15) is 12.8 Å². The number of benzene rings is 1. The first-order valence-corrected chi connectivity index (χ1v) is 9.73. The summed E-state index contributed by atoms with van der Waals surface area (Å²) in [5.41, 5.74) is -0.0775. The summed E-state index contributed by atoms with van der Waals surface area (Å²) in [7, 11) is -3.63. The van der Waals surface area contributed by atoms with Gasteiger partial charge >= 0.3 is 5.69 Å². The van der Waals surface area contributed by atoms with Crippen molar-refractivity contribution in [1.29, 1.82) is 0 Å². The van der Waals surface area contributed by atoms with Crippen molar-refractivity contribution in [3.63, 3.8) is 0 Å². The SMILES string of the molecule is CS(=O)(=O)c1cccc(NCC2CCSCC2)c1[N+](=O)[O-]. The van der Waals surface area contributed by atoms with Gasteiger partial charge in [0.05, 0.1) is 4.92 Å². The fourth-order valence-electron chi connectivity index (χ4n) is 2.36. The highest BCUT2D eigenvalue weighted by molar-refractivity contribution is 7.99. The topological polar surface area (TPSA) is 89.3 Å². The summed E-state index contributed by atoms with van der Waals surface area (Å²) in [5, 5.41) is 14.3. The number of hydrogen-bond acceptors (Lipinski definition) is 6. The number of rotatable bonds is 5. The van der Waals surface area contributed by atoms with Gasteiger partial charge in [0, 0.05) is 12.8 Å². The average Bonchev–Trinajstić information content (AvgIpc) is 2.44. The molecule has 1 aliphatic rings. The molecule has 1 aromatic rings. The van der Waals surface area contributed by atoms with Crippen LogP contribution in [-0.4, -0.2) is 37.6 Å². The molecule has 0 spiro atoms. The van der Waals surface area contributed by atoms with E-state index in [1.165, 1.54) is 12.1 Å². The fourth-order valence-corrected chi connectivity index (χ4v) is 4.42. The molecule has 1 fully saturated rings. The molecule has 2 rings (SSSR count). The van der Waals surface area contributed by atoms with Gasteiger partial charge in [-0.15, -0.1) is 0 Å². The first-order chi connectivity index (χ1) is 9.89. The van der Waals surface area contributed by atoms with E-state index < -0.39 is 14.8 Å². The standard InChI is InChI=1S/C13H18N2O4S2/c1-21(18,19)12-4-2-3-11(13(12)15(16)17)14-9-10-5-7-20-8-6-10/h2-4,10,14H,5-9H2,1H3. The van der Waals surface area contributed by atoms with Crippen molar-refractivity contribution in [2.75, 3.05) is 29.6 Å². The van der Waals surface area contributed by atoms with Gasteiger partial charge in [-0.25, -0.2) is 8.42 Å². The van der Waals surface area contributed by atoms with Gasteiger partial charge in [-0.1, -0.05) is 6.07 Å². The molecular formula is C13H18N2O4S2. The van der Waals surface area contributed by atoms with Crippen LogP contribution in [0.3, 0.4) is 0 Å². The third-order valence-electron chi connectivity index (χ3n) is 3.50. The van der Waals surface area contributed by atoms with Gasteiger partial charge in [0.1, 0.15) is 10.6 Å². The monoisotopic (exact) mass is 330 g/mol. The lowest BCUT2D eigenvalue weighted by Crippen LogP contribution is -2.19. The van der Waals surface area contributed by atoms with Crippen molar-refractivity contribution in [3.8, 4) is 0 Å². The lowest BCUT2D eigenvalue weighted by atomic mass is 10.0. The largest absolute Gasteiger partial charge is 0.379 e. The minimum absolute atomic E-state index is 0.239. The zero-order valence-corrected chi connectivity index (χ0v) is 13.4. The summed E-state index contributed by atoms with van der Waals surface area (Å²) in [6.45, 7) is 0.634. The molecule has 116 valence electrons. The molecule has 8 heteroatoms. The summed E-state index contributed by atoms with van der Waals surface area (Å²) >= 11 is 1.92. The Morgan fingerprint density at radius 1 is 1.38 bits per heavy atom. The quantitative estimate of drug-likeness (QED) is 0.659. The molecule has 0 atom stereocenters. The molecule has 0 amide bonds. The van der Waals surface area contributed by atoms with Gasteiger partial charge < -0.3 is 5.32 Å². The highest BCUT2D eigenvalue weighted by Gasteiger charge is 2.26. The van der Waals surface area contributed by atoms with Crippen LogP contribution in [0.15, 0.2) is 23.1 Å². The fraction of sp³-hybridized carbons (Fsp3) is 0.538. The lowest BCUT2D eigenvalue weighted by molar-refractivity contribution is -0.386. The van der Waals surface area contributed by atoms with E-state index >= 15 is 0 Å². The van der Waals surface area contributed by atoms with E-state index in [4.69, 9.17) is 0 Å². The normalized spacial score (nSPS) is 16.6. The van der Waals surface area contributed by atoms with E-state index in [9.17, 15) is 18.5 Å². The Balaban J connectivity index is 2.24. The molecule has 1 aromatic carbocycles. The summed E-state index contributed by atoms with van der Waals surface area (Å²) in [4.78, 5) is 10.4. The second-order valence-electron chi connectivity index (χ2n) is 5.12. The molecule has 0 aromatic heterocycles. The highest BCUT2D eigenvalue weighted by atomic mass is 32.2. The molecular weight excluding hydrogens is 312 g/mol. The molecule has 0 saturated carbocycles. The second kappa shape index (κ2) is 6.65. The van der Waals surface area contributed by atoms with Gasteiger partial charge in [0.2, 0.25) is 0 Å². The van der Waals surface area contributed by atoms with Gasteiger partial charge in [-0.3, -0.25) is 10.1 Å². The van der Waals surface area contributed by atoms with Crippen LogP contribution in [0.4, 0.5) is 11.4 Å². The maximum Gasteiger partial charge on any atom is 0.310 e. The van der Waals surface area contributed by atoms with Crippen LogP contribution in [0.2, 0.25) is 0 Å². The number of nitrogens with zero attached hydrogens (tertiary/aromatic N) is 1. The third-order valence-corrected chi connectivity index (χ3v) is 5.68. The van der Waals surface area contributed by atoms with E-state index in [-0.39, 0.29) is 16.3 Å². The molecule has 0 unspecified atom stereocenters. The first-order valence-electron chi connectivity index (χ1n) is 6.68. The van der Waals surface area contributed by atoms with Crippen LogP contribution in [0.5, 0.6) is 0 Å². The highest BCUT2D eigenvalue weighted by Crippen LogP contribution is 2.32. The summed E-state index contributed by atoms with van der Waals surface area (Å²) < 4.78 is 23.4. The summed E-state index contributed by atoms with van der Waals surface area (Å²) in [6, 6.07) is 4.36. The van der Waals surface area contributed by atoms with Crippen LogP contribution < -0.4 is 5.32 Å². The van der Waals surface area contributed by atoms with Gasteiger partial charge in [-0.2, -0.15) is 11.8 Å². The molecule has 1 saturated heterocycles. The minimum atomic E-state index is -3.63. The maximum atomic E-state index is 11.7. The van der Waals surface area contributed by atoms with Crippen molar-refractivity contribution in [3.05, 3.63) is 28.3 Å². The molecule has 6 nitrogen and oxygen atoms in total. The Morgan fingerprint density at radius 3 is 2.62 bits per heavy atom. The van der Waals surface area contributed by atoms with E-state index in [1.807, 2.05) is 11.8 Å². The van der Waals surface area contributed by atoms with Gasteiger partial charge in [0.25, 0.3) is 0 Å². The van der Waals surface area contributed by atoms with Crippen molar-refractivity contribution in [2.24, 2.45) is 5.92 Å². The number of nitro benzene ring substituents is 1. The Morgan fingerprint density at radius 2 is 2.05 bits per heavy atom. The van der Waals surface area contributed by atoms with Crippen molar-refractivity contribution >= 4 is 33.0 Å². The molecule has 0 bridgehead atoms. The Labute approximate surface area is 128 Å². The number of sulfone groups is 1. The molecule has 1 N–H and O–H groups in total. The molecule has 0 aliphatic carbocycles. The van der Waals surface area contributed by atoms with E-state index in [1.54, 1.807) is 6.07 Å². The van der Waals surface area contributed by atoms with Crippen molar-refractivity contribution < 1.29 is 13.3 Å². The van der Waals surface area contributed by atoms with E-state index in [2.05, 4.69) is 5.32 Å². The number of nitrogens with one attached hydrogen (secondary N) is 1. The zero-order chi connectivity index (χ0) is 15.5. The minimum Gasteiger partial charge on any atom is -0.379 e. The summed E-state index contributed by atoms with van der Waals surface area (Å²) in [5.74, 6) is 2.70. The zero-order valence-electron chi connectivity index (χ0n) is 11.7. The molecule has 0 radical (unpaired) electrons. The Kier molecular flexibility index (Phi) is 5.10. The van der Waals surface area contributed by atoms with Crippen LogP contribution >= 0.6 is 11.8 Å². The Bertz CT molecular complexity index is 625. The predicted molar refractivity (Wildman–Crippen MR) is 84.7 cm³/mol. The predicted octanol–water partition coefficient (Wildman–Crippen LogP) is 2.55. The number of nitro groups is 1. The number of thioether (sulfide) groups is 1. The maximum absolute atomic E-state index is 11.7. The van der Waals surface area contributed by atoms with Crippen molar-refractivity contribution in [2.45, 2.75) is 17.7 Å². The number of hydrogen-bond donors (Lipinski definition) is 1.